The van der Waals surface area contributed by atoms with Gasteiger partial charge in [-0.15, -0.1) is 0 Å². The smallest absolute Gasteiger partial charge is 0.248 e. The maximum atomic E-state index is 13.5. The second-order valence-electron chi connectivity index (χ2n) is 8.78. The van der Waals surface area contributed by atoms with Crippen molar-refractivity contribution in [3.05, 3.63) is 11.8 Å². The molecule has 1 aromatic rings. The lowest BCUT2D eigenvalue weighted by molar-refractivity contribution is -0.143. The molecule has 2 aliphatic rings. The summed E-state index contributed by atoms with van der Waals surface area (Å²) in [5.74, 6) is -0.684. The van der Waals surface area contributed by atoms with Crippen molar-refractivity contribution in [1.82, 2.24) is 15.5 Å². The zero-order valence-corrected chi connectivity index (χ0v) is 17.8. The predicted molar refractivity (Wildman–Crippen MR) is 108 cm³/mol. The molecule has 2 atom stereocenters. The van der Waals surface area contributed by atoms with Crippen LogP contribution in [0.25, 0.3) is 0 Å². The number of hydrogen-bond acceptors (Lipinski definition) is 6. The van der Waals surface area contributed by atoms with Gasteiger partial charge < -0.3 is 14.7 Å². The molecule has 1 saturated heterocycles. The molecular weight excluding hydrogens is 388 g/mol. The molecule has 3 amide bonds. The fraction of sp³-hybridized carbons (Fsp3) is 0.714. The topological polar surface area (TPSA) is 125 Å². The highest BCUT2D eigenvalue weighted by molar-refractivity contribution is 5.97. The van der Waals surface area contributed by atoms with Crippen LogP contribution < -0.4 is 10.8 Å². The Kier molecular flexibility index (Phi) is 7.12. The van der Waals surface area contributed by atoms with E-state index in [4.69, 9.17) is 9.73 Å². The number of aryl methyl sites for hydroxylation is 1. The van der Waals surface area contributed by atoms with E-state index >= 15 is 0 Å². The molecule has 1 spiro atoms. The van der Waals surface area contributed by atoms with E-state index in [-0.39, 0.29) is 23.7 Å². The lowest BCUT2D eigenvalue weighted by atomic mass is 9.84. The number of hydrogen-bond donors (Lipinski definition) is 3. The van der Waals surface area contributed by atoms with Gasteiger partial charge in [0.05, 0.1) is 0 Å². The average molecular weight is 421 g/mol. The Bertz CT molecular complexity index is 771. The van der Waals surface area contributed by atoms with E-state index < -0.39 is 17.9 Å². The highest BCUT2D eigenvalue weighted by Gasteiger charge is 2.50. The van der Waals surface area contributed by atoms with E-state index in [1.54, 1.807) is 23.4 Å². The molecule has 1 saturated carbocycles. The zero-order chi connectivity index (χ0) is 21.7. The van der Waals surface area contributed by atoms with Crippen molar-refractivity contribution in [3.63, 3.8) is 0 Å². The van der Waals surface area contributed by atoms with E-state index in [1.165, 1.54) is 0 Å². The van der Waals surface area contributed by atoms with Crippen molar-refractivity contribution < 1.29 is 24.1 Å². The summed E-state index contributed by atoms with van der Waals surface area (Å²) < 4.78 is 5.02. The molecule has 0 unspecified atom stereocenters. The summed E-state index contributed by atoms with van der Waals surface area (Å²) in [6, 6.07) is 1.04. The molecule has 3 N–H and O–H groups in total. The second kappa shape index (κ2) is 9.59. The van der Waals surface area contributed by atoms with Crippen LogP contribution in [0.2, 0.25) is 0 Å². The molecule has 9 nitrogen and oxygen atoms in total. The van der Waals surface area contributed by atoms with Crippen LogP contribution in [0.4, 0.5) is 5.82 Å². The minimum Gasteiger partial charge on any atom is -0.360 e. The van der Waals surface area contributed by atoms with Crippen LogP contribution in [0.5, 0.6) is 0 Å². The normalized spacial score (nSPS) is 21.0. The van der Waals surface area contributed by atoms with Crippen LogP contribution in [0.15, 0.2) is 10.6 Å². The van der Waals surface area contributed by atoms with Crippen LogP contribution in [0, 0.1) is 18.3 Å². The Morgan fingerprint density at radius 1 is 1.37 bits per heavy atom. The quantitative estimate of drug-likeness (QED) is 0.439. The Morgan fingerprint density at radius 3 is 2.70 bits per heavy atom. The van der Waals surface area contributed by atoms with E-state index in [0.29, 0.717) is 31.0 Å². The molecule has 0 radical (unpaired) electrons. The molecule has 3 rings (SSSR count). The van der Waals surface area contributed by atoms with Crippen LogP contribution in [-0.2, 0) is 14.4 Å². The van der Waals surface area contributed by atoms with Crippen molar-refractivity contribution in [2.45, 2.75) is 77.7 Å². The Balaban J connectivity index is 1.80. The van der Waals surface area contributed by atoms with Gasteiger partial charge in [0.1, 0.15) is 11.8 Å². The number of unbranched alkanes of at least 4 members (excludes halogenated alkanes) is 1. The van der Waals surface area contributed by atoms with Crippen molar-refractivity contribution in [2.24, 2.45) is 11.3 Å². The minimum absolute atomic E-state index is 0.0358. The number of hydroxylamine groups is 1. The Morgan fingerprint density at radius 2 is 2.10 bits per heavy atom. The number of anilines is 1. The molecule has 0 aromatic carbocycles. The van der Waals surface area contributed by atoms with Crippen molar-refractivity contribution in [1.29, 1.82) is 0 Å². The maximum absolute atomic E-state index is 13.5. The Labute approximate surface area is 176 Å². The molecule has 1 aliphatic carbocycles. The van der Waals surface area contributed by atoms with E-state index in [2.05, 4.69) is 10.5 Å². The van der Waals surface area contributed by atoms with Gasteiger partial charge in [-0.3, -0.25) is 19.6 Å². The van der Waals surface area contributed by atoms with E-state index in [0.717, 1.165) is 38.5 Å². The summed E-state index contributed by atoms with van der Waals surface area (Å²) in [7, 11) is 0. The largest absolute Gasteiger partial charge is 0.360 e. The molecule has 1 aromatic heterocycles. The predicted octanol–water partition coefficient (Wildman–Crippen LogP) is 2.78. The van der Waals surface area contributed by atoms with E-state index in [1.807, 2.05) is 6.92 Å². The third-order valence-corrected chi connectivity index (χ3v) is 6.45. The number of amides is 3. The van der Waals surface area contributed by atoms with E-state index in [9.17, 15) is 14.4 Å². The summed E-state index contributed by atoms with van der Waals surface area (Å²) >= 11 is 0. The lowest BCUT2D eigenvalue weighted by Crippen LogP contribution is -2.46. The molecule has 0 bridgehead atoms. The molecule has 2 fully saturated rings. The van der Waals surface area contributed by atoms with Crippen molar-refractivity contribution in [3.8, 4) is 0 Å². The third-order valence-electron chi connectivity index (χ3n) is 6.45. The van der Waals surface area contributed by atoms with Gasteiger partial charge >= 0.3 is 0 Å². The number of rotatable bonds is 8. The van der Waals surface area contributed by atoms with Gasteiger partial charge in [0.2, 0.25) is 17.7 Å². The van der Waals surface area contributed by atoms with Gasteiger partial charge in [-0.05, 0) is 38.0 Å². The molecule has 30 heavy (non-hydrogen) atoms. The molecular formula is C21H32N4O5. The van der Waals surface area contributed by atoms with Gasteiger partial charge in [0.15, 0.2) is 5.82 Å². The van der Waals surface area contributed by atoms with Crippen LogP contribution in [0.3, 0.4) is 0 Å². The zero-order valence-electron chi connectivity index (χ0n) is 17.8. The molecule has 9 heteroatoms. The average Bonchev–Trinajstić information content (AvgIpc) is 3.45. The summed E-state index contributed by atoms with van der Waals surface area (Å²) in [6.07, 6.45) is 6.97. The van der Waals surface area contributed by atoms with Gasteiger partial charge in [-0.1, -0.05) is 37.8 Å². The number of carbonyl (C=O) groups excluding carboxylic acids is 3. The monoisotopic (exact) mass is 420 g/mol. The van der Waals surface area contributed by atoms with Crippen molar-refractivity contribution >= 4 is 23.5 Å². The summed E-state index contributed by atoms with van der Waals surface area (Å²) in [6.45, 7) is 4.30. The number of aromatic nitrogens is 1. The number of carbonyl (C=O) groups is 3. The highest BCUT2D eigenvalue weighted by atomic mass is 16.5. The first-order chi connectivity index (χ1) is 14.4. The minimum atomic E-state index is -0.603. The van der Waals surface area contributed by atoms with Gasteiger partial charge in [-0.2, -0.15) is 0 Å². The van der Waals surface area contributed by atoms with Crippen LogP contribution in [-0.4, -0.2) is 45.6 Å². The number of nitrogens with zero attached hydrogens (tertiary/aromatic N) is 2. The third kappa shape index (κ3) is 5.00. The fourth-order valence-electron chi connectivity index (χ4n) is 4.91. The summed E-state index contributed by atoms with van der Waals surface area (Å²) in [5.41, 5.74) is 1.59. The number of nitrogens with one attached hydrogen (secondary N) is 2. The van der Waals surface area contributed by atoms with Crippen LogP contribution in [0.1, 0.15) is 70.5 Å². The first kappa shape index (κ1) is 22.3. The van der Waals surface area contributed by atoms with Gasteiger partial charge in [0.25, 0.3) is 0 Å². The van der Waals surface area contributed by atoms with Crippen LogP contribution >= 0.6 is 0 Å². The molecule has 1 aliphatic heterocycles. The SMILES string of the molecule is CCCC[C@H](CC(=O)NO)C(=O)N1CC2(CCCC2)C[C@H]1C(=O)Nc1cc(C)on1. The molecule has 2 heterocycles. The van der Waals surface area contributed by atoms with Gasteiger partial charge in [-0.25, -0.2) is 5.48 Å². The molecule has 166 valence electrons. The maximum Gasteiger partial charge on any atom is 0.248 e. The highest BCUT2D eigenvalue weighted by Crippen LogP contribution is 2.48. The standard InChI is InChI=1S/C21H32N4O5/c1-3-4-7-15(11-18(26)23-29)20(28)25-13-21(8-5-6-9-21)12-16(25)19(27)22-17-10-14(2)30-24-17/h10,15-16,29H,3-9,11-13H2,1-2H3,(H,23,26)(H,22,24,27)/t15-,16+/m1/s1. The summed E-state index contributed by atoms with van der Waals surface area (Å²) in [4.78, 5) is 40.0. The second-order valence-corrected chi connectivity index (χ2v) is 8.78. The summed E-state index contributed by atoms with van der Waals surface area (Å²) in [5, 5.41) is 15.5. The fourth-order valence-corrected chi connectivity index (χ4v) is 4.91. The first-order valence-electron chi connectivity index (χ1n) is 10.8. The lowest BCUT2D eigenvalue weighted by Gasteiger charge is -2.28. The van der Waals surface area contributed by atoms with Gasteiger partial charge in [0, 0.05) is 24.9 Å². The Hall–Kier alpha value is -2.42. The first-order valence-corrected chi connectivity index (χ1v) is 10.8. The van der Waals surface area contributed by atoms with Crippen molar-refractivity contribution in [2.75, 3.05) is 11.9 Å². The number of likely N-dealkylation sites (tertiary alicyclic amines) is 1.